The van der Waals surface area contributed by atoms with Gasteiger partial charge in [-0.25, -0.2) is 14.4 Å². The Morgan fingerprint density at radius 1 is 1.35 bits per heavy atom. The summed E-state index contributed by atoms with van der Waals surface area (Å²) in [6.45, 7) is 1.75. The van der Waals surface area contributed by atoms with Crippen LogP contribution in [-0.2, 0) is 4.79 Å². The van der Waals surface area contributed by atoms with Gasteiger partial charge in [0.1, 0.15) is 17.2 Å². The average Bonchev–Trinajstić information content (AvgIpc) is 2.98. The predicted molar refractivity (Wildman–Crippen MR) is 79.4 cm³/mol. The van der Waals surface area contributed by atoms with E-state index < -0.39 is 11.2 Å². The van der Waals surface area contributed by atoms with Crippen molar-refractivity contribution in [3.05, 3.63) is 36.4 Å². The molecule has 1 aromatic carbocycles. The monoisotopic (exact) mass is 332 g/mol. The molecule has 0 saturated heterocycles. The Morgan fingerprint density at radius 2 is 2.09 bits per heavy atom. The van der Waals surface area contributed by atoms with Gasteiger partial charge in [-0.05, 0) is 30.7 Å². The fraction of sp³-hybridized carbons (Fsp3) is 0.214. The molecule has 0 bridgehead atoms. The van der Waals surface area contributed by atoms with E-state index in [1.165, 1.54) is 23.1 Å². The third-order valence-corrected chi connectivity index (χ3v) is 4.50. The van der Waals surface area contributed by atoms with Crippen molar-refractivity contribution in [3.8, 4) is 5.69 Å². The minimum atomic E-state index is -1.16. The normalized spacial score (nSPS) is 12.4. The van der Waals surface area contributed by atoms with Gasteiger partial charge < -0.3 is 9.90 Å². The molecule has 0 aliphatic heterocycles. The number of carboxylic acids is 1. The van der Waals surface area contributed by atoms with Gasteiger partial charge in [-0.2, -0.15) is 4.68 Å². The molecule has 9 heteroatoms. The summed E-state index contributed by atoms with van der Waals surface area (Å²) in [6, 6.07) is 5.72. The summed E-state index contributed by atoms with van der Waals surface area (Å²) in [5, 5.41) is 18.8. The van der Waals surface area contributed by atoms with E-state index in [0.29, 0.717) is 28.3 Å². The van der Waals surface area contributed by atoms with Crippen LogP contribution in [0.4, 0.5) is 4.39 Å². The largest absolute Gasteiger partial charge is 0.549 e. The molecule has 2 heterocycles. The maximum Gasteiger partial charge on any atom is 0.187 e. The van der Waals surface area contributed by atoms with Crippen LogP contribution in [0.15, 0.2) is 35.6 Å². The van der Waals surface area contributed by atoms with E-state index in [0.717, 1.165) is 11.8 Å². The number of rotatable bonds is 5. The van der Waals surface area contributed by atoms with Crippen LogP contribution in [0.3, 0.4) is 0 Å². The lowest BCUT2D eigenvalue weighted by Gasteiger charge is -2.14. The fourth-order valence-corrected chi connectivity index (χ4v) is 2.89. The molecular weight excluding hydrogens is 321 g/mol. The second-order valence-corrected chi connectivity index (χ2v) is 5.85. The second kappa shape index (κ2) is 6.29. The summed E-state index contributed by atoms with van der Waals surface area (Å²) in [7, 11) is 0. The molecule has 0 aliphatic rings. The van der Waals surface area contributed by atoms with Gasteiger partial charge in [0.15, 0.2) is 11.2 Å². The molecule has 0 radical (unpaired) electrons. The molecule has 0 fully saturated rings. The highest BCUT2D eigenvalue weighted by Crippen LogP contribution is 2.28. The highest BCUT2D eigenvalue weighted by Gasteiger charge is 2.17. The first kappa shape index (κ1) is 15.3. The van der Waals surface area contributed by atoms with Crippen molar-refractivity contribution in [2.45, 2.75) is 23.6 Å². The first-order chi connectivity index (χ1) is 11.1. The van der Waals surface area contributed by atoms with Gasteiger partial charge in [0, 0.05) is 0 Å². The number of hydrogen-bond donors (Lipinski definition) is 0. The van der Waals surface area contributed by atoms with Crippen LogP contribution in [0.25, 0.3) is 16.9 Å². The van der Waals surface area contributed by atoms with Crippen molar-refractivity contribution >= 4 is 28.9 Å². The molecule has 23 heavy (non-hydrogen) atoms. The fourth-order valence-electron chi connectivity index (χ4n) is 2.00. The van der Waals surface area contributed by atoms with Crippen molar-refractivity contribution in [2.75, 3.05) is 0 Å². The lowest BCUT2D eigenvalue weighted by molar-refractivity contribution is -0.304. The zero-order valence-electron chi connectivity index (χ0n) is 12.0. The van der Waals surface area contributed by atoms with E-state index in [1.807, 2.05) is 0 Å². The van der Waals surface area contributed by atoms with E-state index in [4.69, 9.17) is 0 Å². The van der Waals surface area contributed by atoms with Gasteiger partial charge in [-0.1, -0.05) is 23.9 Å². The molecule has 0 spiro atoms. The van der Waals surface area contributed by atoms with Gasteiger partial charge in [-0.15, -0.1) is 5.10 Å². The van der Waals surface area contributed by atoms with Crippen LogP contribution in [0.2, 0.25) is 0 Å². The zero-order chi connectivity index (χ0) is 16.4. The molecule has 0 amide bonds. The third kappa shape index (κ3) is 3.00. The maximum absolute atomic E-state index is 13.0. The number of hydrogen-bond acceptors (Lipinski definition) is 7. The molecule has 7 nitrogen and oxygen atoms in total. The number of carbonyl (C=O) groups is 1. The molecule has 1 atom stereocenters. The highest BCUT2D eigenvalue weighted by molar-refractivity contribution is 8.00. The SMILES string of the molecule is CC[C@H](Sc1ncnc2c1nnn2-c1ccc(F)cc1)C(=O)[O-]. The van der Waals surface area contributed by atoms with Crippen molar-refractivity contribution < 1.29 is 14.3 Å². The summed E-state index contributed by atoms with van der Waals surface area (Å²) in [5.74, 6) is -1.51. The summed E-state index contributed by atoms with van der Waals surface area (Å²) in [4.78, 5) is 19.3. The van der Waals surface area contributed by atoms with Crippen LogP contribution in [0.5, 0.6) is 0 Å². The van der Waals surface area contributed by atoms with E-state index in [2.05, 4.69) is 20.3 Å². The topological polar surface area (TPSA) is 96.6 Å². The first-order valence-electron chi connectivity index (χ1n) is 6.80. The van der Waals surface area contributed by atoms with Gasteiger partial charge in [0.2, 0.25) is 0 Å². The summed E-state index contributed by atoms with van der Waals surface area (Å²) < 4.78 is 14.5. The Labute approximate surface area is 134 Å². The van der Waals surface area contributed by atoms with Crippen LogP contribution >= 0.6 is 11.8 Å². The number of aliphatic carboxylic acids is 1. The van der Waals surface area contributed by atoms with Crippen LogP contribution in [-0.4, -0.2) is 36.2 Å². The van der Waals surface area contributed by atoms with Gasteiger partial charge in [-0.3, -0.25) is 0 Å². The van der Waals surface area contributed by atoms with Crippen LogP contribution in [0, 0.1) is 5.82 Å². The number of aromatic nitrogens is 5. The second-order valence-electron chi connectivity index (χ2n) is 4.66. The highest BCUT2D eigenvalue weighted by atomic mass is 32.2. The number of nitrogens with zero attached hydrogens (tertiary/aromatic N) is 5. The Balaban J connectivity index is 2.03. The lowest BCUT2D eigenvalue weighted by Crippen LogP contribution is -2.33. The number of benzene rings is 1. The Kier molecular flexibility index (Phi) is 4.20. The summed E-state index contributed by atoms with van der Waals surface area (Å²) in [5.41, 5.74) is 1.40. The molecule has 3 rings (SSSR count). The minimum Gasteiger partial charge on any atom is -0.549 e. The van der Waals surface area contributed by atoms with Crippen LogP contribution < -0.4 is 5.11 Å². The van der Waals surface area contributed by atoms with Gasteiger partial charge in [0.25, 0.3) is 0 Å². The van der Waals surface area contributed by atoms with Crippen molar-refractivity contribution in [1.82, 2.24) is 25.0 Å². The molecule has 0 N–H and O–H groups in total. The molecule has 0 unspecified atom stereocenters. The maximum atomic E-state index is 13.0. The number of carboxylic acid groups (broad SMARTS) is 1. The van der Waals surface area contributed by atoms with Gasteiger partial charge >= 0.3 is 0 Å². The van der Waals surface area contributed by atoms with E-state index in [9.17, 15) is 14.3 Å². The van der Waals surface area contributed by atoms with E-state index >= 15 is 0 Å². The quantitative estimate of drug-likeness (QED) is 0.507. The summed E-state index contributed by atoms with van der Waals surface area (Å²) >= 11 is 1.05. The zero-order valence-corrected chi connectivity index (χ0v) is 12.8. The molecule has 0 aliphatic carbocycles. The van der Waals surface area contributed by atoms with Crippen molar-refractivity contribution in [3.63, 3.8) is 0 Å². The Hall–Kier alpha value is -2.55. The predicted octanol–water partition coefficient (Wildman–Crippen LogP) is 0.970. The van der Waals surface area contributed by atoms with E-state index in [-0.39, 0.29) is 5.82 Å². The Morgan fingerprint density at radius 3 is 2.74 bits per heavy atom. The Bertz CT molecular complexity index is 852. The molecule has 118 valence electrons. The van der Waals surface area contributed by atoms with Crippen molar-refractivity contribution in [2.24, 2.45) is 0 Å². The smallest absolute Gasteiger partial charge is 0.187 e. The average molecular weight is 332 g/mol. The number of thioether (sulfide) groups is 1. The summed E-state index contributed by atoms with van der Waals surface area (Å²) in [6.07, 6.45) is 1.71. The van der Waals surface area contributed by atoms with Crippen LogP contribution in [0.1, 0.15) is 13.3 Å². The third-order valence-electron chi connectivity index (χ3n) is 3.16. The van der Waals surface area contributed by atoms with Crippen molar-refractivity contribution in [1.29, 1.82) is 0 Å². The molecule has 0 saturated carbocycles. The number of carbonyl (C=O) groups excluding carboxylic acids is 1. The molecular formula is C14H11FN5O2S-. The molecule has 2 aromatic heterocycles. The molecule has 3 aromatic rings. The van der Waals surface area contributed by atoms with Gasteiger partial charge in [0.05, 0.1) is 16.9 Å². The van der Waals surface area contributed by atoms with E-state index in [1.54, 1.807) is 19.1 Å². The first-order valence-corrected chi connectivity index (χ1v) is 7.68. The standard InChI is InChI=1S/C14H12FN5O2S/c1-2-10(14(21)22)23-13-11-12(16-7-17-13)20(19-18-11)9-5-3-8(15)4-6-9/h3-7,10H,2H2,1H3,(H,21,22)/p-1/t10-/m0/s1. The number of fused-ring (bicyclic) bond motifs is 1. The number of halogens is 1. The lowest BCUT2D eigenvalue weighted by atomic mass is 10.3. The minimum absolute atomic E-state index is 0.358.